The van der Waals surface area contributed by atoms with Gasteiger partial charge in [-0.3, -0.25) is 9.59 Å². The summed E-state index contributed by atoms with van der Waals surface area (Å²) in [5.74, 6) is -0.578. The van der Waals surface area contributed by atoms with Gasteiger partial charge in [-0.2, -0.15) is 13.2 Å². The largest absolute Gasteiger partial charge is 0.421 e. The maximum Gasteiger partial charge on any atom is 0.421 e. The first-order valence-corrected chi connectivity index (χ1v) is 6.76. The van der Waals surface area contributed by atoms with Gasteiger partial charge in [-0.25, -0.2) is 0 Å². The molecule has 22 heavy (non-hydrogen) atoms. The summed E-state index contributed by atoms with van der Waals surface area (Å²) in [5, 5.41) is 12.0. The number of aliphatic hydroxyl groups excluding tert-OH is 1. The summed E-state index contributed by atoms with van der Waals surface area (Å²) in [5.41, 5.74) is -2.88. The Labute approximate surface area is 123 Å². The second kappa shape index (κ2) is 6.49. The number of piperazine rings is 1. The van der Waals surface area contributed by atoms with Crippen LogP contribution in [0.3, 0.4) is 0 Å². The Balaban J connectivity index is 2.21. The van der Waals surface area contributed by atoms with Crippen molar-refractivity contribution in [3.63, 3.8) is 0 Å². The van der Waals surface area contributed by atoms with E-state index in [1.165, 1.54) is 4.90 Å². The molecule has 0 saturated carbocycles. The van der Waals surface area contributed by atoms with Crippen molar-refractivity contribution in [1.29, 1.82) is 0 Å². The third kappa shape index (κ3) is 3.66. The van der Waals surface area contributed by atoms with E-state index in [2.05, 4.69) is 5.32 Å². The summed E-state index contributed by atoms with van der Waals surface area (Å²) < 4.78 is 38.1. The lowest BCUT2D eigenvalue weighted by molar-refractivity contribution is -0.138. The number of H-pyrrole nitrogens is 1. The van der Waals surface area contributed by atoms with Gasteiger partial charge >= 0.3 is 6.18 Å². The summed E-state index contributed by atoms with van der Waals surface area (Å²) in [7, 11) is 0. The summed E-state index contributed by atoms with van der Waals surface area (Å²) in [6.45, 7) is 1.09. The Morgan fingerprint density at radius 1 is 1.45 bits per heavy atom. The van der Waals surface area contributed by atoms with E-state index in [9.17, 15) is 22.8 Å². The number of aliphatic hydroxyl groups is 1. The number of carbonyl (C=O) groups excluding carboxylic acids is 1. The number of carbonyl (C=O) groups is 1. The molecule has 0 spiro atoms. The zero-order valence-electron chi connectivity index (χ0n) is 11.6. The lowest BCUT2D eigenvalue weighted by Crippen LogP contribution is -2.52. The fourth-order valence-corrected chi connectivity index (χ4v) is 2.36. The second-order valence-electron chi connectivity index (χ2n) is 5.04. The number of amides is 1. The first-order valence-electron chi connectivity index (χ1n) is 6.76. The standard InChI is InChI=1S/C13H16F3N3O3/c14-13(15,16)10-5-8(6-18-11(10)21)12(22)19-3-2-17-9(7-19)1-4-20/h5-6,9,17,20H,1-4,7H2,(H,18,21). The van der Waals surface area contributed by atoms with Crippen molar-refractivity contribution < 1.29 is 23.1 Å². The molecule has 0 aliphatic carbocycles. The van der Waals surface area contributed by atoms with E-state index < -0.39 is 23.2 Å². The number of aromatic nitrogens is 1. The molecule has 1 aliphatic heterocycles. The fraction of sp³-hybridized carbons (Fsp3) is 0.538. The highest BCUT2D eigenvalue weighted by Gasteiger charge is 2.35. The number of hydrogen-bond acceptors (Lipinski definition) is 4. The number of pyridine rings is 1. The van der Waals surface area contributed by atoms with Crippen molar-refractivity contribution in [3.8, 4) is 0 Å². The number of nitrogens with zero attached hydrogens (tertiary/aromatic N) is 1. The van der Waals surface area contributed by atoms with Gasteiger partial charge in [0.25, 0.3) is 11.5 Å². The van der Waals surface area contributed by atoms with Crippen LogP contribution >= 0.6 is 0 Å². The molecule has 9 heteroatoms. The van der Waals surface area contributed by atoms with E-state index in [1.807, 2.05) is 4.98 Å². The van der Waals surface area contributed by atoms with E-state index >= 15 is 0 Å². The van der Waals surface area contributed by atoms with Crippen LogP contribution in [0.5, 0.6) is 0 Å². The molecule has 122 valence electrons. The molecule has 6 nitrogen and oxygen atoms in total. The lowest BCUT2D eigenvalue weighted by atomic mass is 10.1. The first kappa shape index (κ1) is 16.5. The van der Waals surface area contributed by atoms with Gasteiger partial charge < -0.3 is 20.3 Å². The fourth-order valence-electron chi connectivity index (χ4n) is 2.36. The van der Waals surface area contributed by atoms with Gasteiger partial charge in [0.2, 0.25) is 0 Å². The number of aromatic amines is 1. The van der Waals surface area contributed by atoms with E-state index in [0.29, 0.717) is 32.1 Å². The number of alkyl halides is 3. The molecule has 2 rings (SSSR count). The number of hydrogen-bond donors (Lipinski definition) is 3. The van der Waals surface area contributed by atoms with E-state index in [4.69, 9.17) is 5.11 Å². The van der Waals surface area contributed by atoms with Crippen LogP contribution in [-0.4, -0.2) is 53.2 Å². The molecule has 1 saturated heterocycles. The molecule has 1 fully saturated rings. The van der Waals surface area contributed by atoms with Crippen LogP contribution in [0, 0.1) is 0 Å². The average Bonchev–Trinajstić information content (AvgIpc) is 2.46. The summed E-state index contributed by atoms with van der Waals surface area (Å²) in [6, 6.07) is 0.470. The molecule has 1 aromatic heterocycles. The van der Waals surface area contributed by atoms with Crippen LogP contribution in [0.4, 0.5) is 13.2 Å². The zero-order valence-corrected chi connectivity index (χ0v) is 11.6. The molecule has 0 bridgehead atoms. The minimum absolute atomic E-state index is 0.0451. The molecule has 0 radical (unpaired) electrons. The molecule has 2 heterocycles. The highest BCUT2D eigenvalue weighted by molar-refractivity contribution is 5.94. The van der Waals surface area contributed by atoms with Gasteiger partial charge in [-0.15, -0.1) is 0 Å². The van der Waals surface area contributed by atoms with Crippen molar-refractivity contribution >= 4 is 5.91 Å². The van der Waals surface area contributed by atoms with Crippen molar-refractivity contribution in [3.05, 3.63) is 33.7 Å². The minimum Gasteiger partial charge on any atom is -0.396 e. The van der Waals surface area contributed by atoms with Crippen LogP contribution in [0.2, 0.25) is 0 Å². The van der Waals surface area contributed by atoms with Crippen LogP contribution in [0.1, 0.15) is 22.3 Å². The van der Waals surface area contributed by atoms with Crippen molar-refractivity contribution in [2.45, 2.75) is 18.6 Å². The van der Waals surface area contributed by atoms with Gasteiger partial charge in [0.1, 0.15) is 5.56 Å². The lowest BCUT2D eigenvalue weighted by Gasteiger charge is -2.33. The number of nitrogens with one attached hydrogen (secondary N) is 2. The van der Waals surface area contributed by atoms with Gasteiger partial charge in [0.05, 0.1) is 5.56 Å². The molecule has 1 unspecified atom stereocenters. The van der Waals surface area contributed by atoms with E-state index in [1.54, 1.807) is 0 Å². The maximum atomic E-state index is 12.7. The number of halogens is 3. The van der Waals surface area contributed by atoms with Crippen LogP contribution in [0.15, 0.2) is 17.1 Å². The summed E-state index contributed by atoms with van der Waals surface area (Å²) in [6.07, 6.45) is -3.38. The van der Waals surface area contributed by atoms with Gasteiger partial charge in [-0.1, -0.05) is 0 Å². The quantitative estimate of drug-likeness (QED) is 0.742. The van der Waals surface area contributed by atoms with E-state index in [0.717, 1.165) is 6.20 Å². The molecular weight excluding hydrogens is 303 g/mol. The minimum atomic E-state index is -4.81. The number of rotatable bonds is 3. The average molecular weight is 319 g/mol. The normalized spacial score (nSPS) is 19.3. The highest BCUT2D eigenvalue weighted by atomic mass is 19.4. The third-order valence-electron chi connectivity index (χ3n) is 3.48. The Bertz CT molecular complexity index is 598. The Hall–Kier alpha value is -1.87. The molecule has 1 aromatic rings. The zero-order chi connectivity index (χ0) is 16.3. The van der Waals surface area contributed by atoms with Gasteiger partial charge in [-0.05, 0) is 12.5 Å². The van der Waals surface area contributed by atoms with Crippen LogP contribution in [-0.2, 0) is 6.18 Å². The molecule has 1 aliphatic rings. The van der Waals surface area contributed by atoms with Crippen molar-refractivity contribution in [2.75, 3.05) is 26.2 Å². The van der Waals surface area contributed by atoms with Crippen LogP contribution < -0.4 is 10.9 Å². The van der Waals surface area contributed by atoms with Crippen molar-refractivity contribution in [2.24, 2.45) is 0 Å². The van der Waals surface area contributed by atoms with E-state index in [-0.39, 0.29) is 18.2 Å². The van der Waals surface area contributed by atoms with Gasteiger partial charge in [0.15, 0.2) is 0 Å². The maximum absolute atomic E-state index is 12.7. The monoisotopic (exact) mass is 319 g/mol. The molecular formula is C13H16F3N3O3. The Morgan fingerprint density at radius 2 is 2.18 bits per heavy atom. The SMILES string of the molecule is O=C(c1c[nH]c(=O)c(C(F)(F)F)c1)N1CCNC(CCO)C1. The molecule has 1 atom stereocenters. The third-order valence-corrected chi connectivity index (χ3v) is 3.48. The first-order chi connectivity index (χ1) is 10.3. The predicted octanol–water partition coefficient (Wildman–Crippen LogP) is 0.190. The van der Waals surface area contributed by atoms with Crippen LogP contribution in [0.25, 0.3) is 0 Å². The summed E-state index contributed by atoms with van der Waals surface area (Å²) in [4.78, 5) is 26.9. The second-order valence-corrected chi connectivity index (χ2v) is 5.04. The molecule has 0 aromatic carbocycles. The summed E-state index contributed by atoms with van der Waals surface area (Å²) >= 11 is 0. The topological polar surface area (TPSA) is 85.4 Å². The smallest absolute Gasteiger partial charge is 0.396 e. The molecule has 1 amide bonds. The van der Waals surface area contributed by atoms with Crippen molar-refractivity contribution in [1.82, 2.24) is 15.2 Å². The highest BCUT2D eigenvalue weighted by Crippen LogP contribution is 2.26. The Morgan fingerprint density at radius 3 is 2.82 bits per heavy atom. The Kier molecular flexibility index (Phi) is 4.87. The van der Waals surface area contributed by atoms with Gasteiger partial charge in [0, 0.05) is 38.5 Å². The molecule has 3 N–H and O–H groups in total. The predicted molar refractivity (Wildman–Crippen MR) is 71.5 cm³/mol.